The van der Waals surface area contributed by atoms with Gasteiger partial charge in [0, 0.05) is 12.8 Å². The lowest BCUT2D eigenvalue weighted by Gasteiger charge is -2.28. The molecule has 162 valence electrons. The number of nitrogens with zero attached hydrogens (tertiary/aromatic N) is 2. The van der Waals surface area contributed by atoms with E-state index in [-0.39, 0.29) is 12.6 Å². The quantitative estimate of drug-likeness (QED) is 0.520. The molecule has 1 saturated heterocycles. The average Bonchev–Trinajstić information content (AvgIpc) is 2.78. The standard InChI is InChI=1S/C23H25N3O5/c1-15(17-7-5-4-6-8-17)24-14-18-21(27)25-23(29)26(22(18)28)12-11-16-9-10-19(30-2)20(13-16)31-3/h4-10,13-15,18H,11-12H2,1-3H3,(H,25,27,29)/t15-,18?/m0/s1. The normalized spacial score (nSPS) is 17.6. The van der Waals surface area contributed by atoms with E-state index in [1.165, 1.54) is 13.3 Å². The molecule has 8 heteroatoms. The third kappa shape index (κ3) is 5.09. The lowest BCUT2D eigenvalue weighted by molar-refractivity contribution is -0.139. The molecular formula is C23H25N3O5. The van der Waals surface area contributed by atoms with Crippen molar-refractivity contribution in [3.05, 3.63) is 59.7 Å². The van der Waals surface area contributed by atoms with Crippen LogP contribution in [0, 0.1) is 5.92 Å². The molecule has 1 aliphatic rings. The molecule has 1 fully saturated rings. The fourth-order valence-corrected chi connectivity index (χ4v) is 3.28. The topological polar surface area (TPSA) is 97.3 Å². The highest BCUT2D eigenvalue weighted by Crippen LogP contribution is 2.28. The van der Waals surface area contributed by atoms with Crippen molar-refractivity contribution in [2.75, 3.05) is 20.8 Å². The molecule has 1 heterocycles. The molecule has 0 aromatic heterocycles. The summed E-state index contributed by atoms with van der Waals surface area (Å²) in [5.41, 5.74) is 1.82. The van der Waals surface area contributed by atoms with Gasteiger partial charge in [0.2, 0.25) is 11.8 Å². The van der Waals surface area contributed by atoms with Gasteiger partial charge in [-0.15, -0.1) is 0 Å². The highest BCUT2D eigenvalue weighted by Gasteiger charge is 2.39. The van der Waals surface area contributed by atoms with Crippen LogP contribution < -0.4 is 14.8 Å². The van der Waals surface area contributed by atoms with Gasteiger partial charge in [-0.2, -0.15) is 0 Å². The molecule has 8 nitrogen and oxygen atoms in total. The van der Waals surface area contributed by atoms with E-state index in [2.05, 4.69) is 10.3 Å². The lowest BCUT2D eigenvalue weighted by atomic mass is 10.0. The maximum Gasteiger partial charge on any atom is 0.330 e. The number of hydrogen-bond acceptors (Lipinski definition) is 6. The minimum absolute atomic E-state index is 0.117. The predicted octanol–water partition coefficient (Wildman–Crippen LogP) is 2.77. The molecule has 1 aliphatic heterocycles. The van der Waals surface area contributed by atoms with Gasteiger partial charge < -0.3 is 9.47 Å². The molecule has 2 atom stereocenters. The number of aliphatic imine (C=N–C) groups is 1. The van der Waals surface area contributed by atoms with Crippen LogP contribution in [0.4, 0.5) is 4.79 Å². The van der Waals surface area contributed by atoms with Crippen molar-refractivity contribution >= 4 is 24.1 Å². The first-order valence-electron chi connectivity index (χ1n) is 9.90. The number of imide groups is 2. The van der Waals surface area contributed by atoms with E-state index >= 15 is 0 Å². The maximum atomic E-state index is 12.8. The van der Waals surface area contributed by atoms with Gasteiger partial charge in [0.05, 0.1) is 20.3 Å². The summed E-state index contributed by atoms with van der Waals surface area (Å²) in [6.45, 7) is 1.99. The van der Waals surface area contributed by atoms with Gasteiger partial charge in [0.1, 0.15) is 0 Å². The Kier molecular flexibility index (Phi) is 7.02. The number of rotatable bonds is 8. The van der Waals surface area contributed by atoms with E-state index in [1.807, 2.05) is 43.3 Å². The largest absolute Gasteiger partial charge is 0.493 e. The molecule has 1 unspecified atom stereocenters. The third-order valence-corrected chi connectivity index (χ3v) is 5.10. The molecule has 0 bridgehead atoms. The van der Waals surface area contributed by atoms with Gasteiger partial charge in [-0.25, -0.2) is 4.79 Å². The Bertz CT molecular complexity index is 990. The van der Waals surface area contributed by atoms with Crippen LogP contribution in [-0.4, -0.2) is 49.7 Å². The summed E-state index contributed by atoms with van der Waals surface area (Å²) < 4.78 is 10.5. The Labute approximate surface area is 180 Å². The monoisotopic (exact) mass is 423 g/mol. The number of ether oxygens (including phenoxy) is 2. The molecule has 0 aliphatic carbocycles. The van der Waals surface area contributed by atoms with Gasteiger partial charge in [0.15, 0.2) is 17.4 Å². The van der Waals surface area contributed by atoms with Crippen molar-refractivity contribution in [3.8, 4) is 11.5 Å². The Hall–Kier alpha value is -3.68. The second-order valence-electron chi connectivity index (χ2n) is 7.09. The number of nitrogens with one attached hydrogen (secondary N) is 1. The second kappa shape index (κ2) is 9.88. The molecule has 1 N–H and O–H groups in total. The predicted molar refractivity (Wildman–Crippen MR) is 115 cm³/mol. The summed E-state index contributed by atoms with van der Waals surface area (Å²) in [6, 6.07) is 14.0. The zero-order valence-electron chi connectivity index (χ0n) is 17.7. The molecule has 0 saturated carbocycles. The lowest BCUT2D eigenvalue weighted by Crippen LogP contribution is -2.58. The van der Waals surface area contributed by atoms with Crippen molar-refractivity contribution in [3.63, 3.8) is 0 Å². The van der Waals surface area contributed by atoms with Crippen molar-refractivity contribution in [1.82, 2.24) is 10.2 Å². The van der Waals surface area contributed by atoms with Crippen LogP contribution in [-0.2, 0) is 16.0 Å². The summed E-state index contributed by atoms with van der Waals surface area (Å²) in [7, 11) is 3.08. The van der Waals surface area contributed by atoms with Crippen molar-refractivity contribution in [1.29, 1.82) is 0 Å². The zero-order chi connectivity index (χ0) is 22.4. The molecule has 2 aromatic carbocycles. The van der Waals surface area contributed by atoms with Crippen molar-refractivity contribution in [2.24, 2.45) is 10.9 Å². The van der Waals surface area contributed by atoms with Gasteiger partial charge in [-0.3, -0.25) is 24.8 Å². The maximum absolute atomic E-state index is 12.8. The van der Waals surface area contributed by atoms with Crippen LogP contribution in [0.25, 0.3) is 0 Å². The minimum Gasteiger partial charge on any atom is -0.493 e. The summed E-state index contributed by atoms with van der Waals surface area (Å²) in [5.74, 6) is -1.24. The molecule has 31 heavy (non-hydrogen) atoms. The third-order valence-electron chi connectivity index (χ3n) is 5.10. The van der Waals surface area contributed by atoms with Crippen LogP contribution in [0.1, 0.15) is 24.1 Å². The number of benzene rings is 2. The highest BCUT2D eigenvalue weighted by molar-refractivity contribution is 6.23. The number of carbonyl (C=O) groups excluding carboxylic acids is 3. The molecule has 2 aromatic rings. The minimum atomic E-state index is -1.14. The van der Waals surface area contributed by atoms with E-state index in [1.54, 1.807) is 19.2 Å². The van der Waals surface area contributed by atoms with E-state index in [0.717, 1.165) is 16.0 Å². The number of methoxy groups -OCH3 is 2. The average molecular weight is 423 g/mol. The van der Waals surface area contributed by atoms with Crippen LogP contribution in [0.15, 0.2) is 53.5 Å². The zero-order valence-corrected chi connectivity index (χ0v) is 17.7. The molecular weight excluding hydrogens is 398 g/mol. The van der Waals surface area contributed by atoms with Gasteiger partial charge in [-0.05, 0) is 36.6 Å². The Morgan fingerprint density at radius 3 is 2.45 bits per heavy atom. The first kappa shape index (κ1) is 22.0. The first-order chi connectivity index (χ1) is 14.9. The number of hydrogen-bond donors (Lipinski definition) is 1. The Balaban J connectivity index is 1.70. The summed E-state index contributed by atoms with van der Waals surface area (Å²) >= 11 is 0. The smallest absolute Gasteiger partial charge is 0.330 e. The van der Waals surface area contributed by atoms with E-state index in [0.29, 0.717) is 17.9 Å². The Morgan fingerprint density at radius 2 is 1.77 bits per heavy atom. The van der Waals surface area contributed by atoms with Gasteiger partial charge >= 0.3 is 6.03 Å². The van der Waals surface area contributed by atoms with E-state index < -0.39 is 23.8 Å². The summed E-state index contributed by atoms with van der Waals surface area (Å²) in [5, 5.41) is 2.24. The molecule has 0 radical (unpaired) electrons. The second-order valence-corrected chi connectivity index (χ2v) is 7.09. The fraction of sp³-hybridized carbons (Fsp3) is 0.304. The van der Waals surface area contributed by atoms with Crippen LogP contribution in [0.5, 0.6) is 11.5 Å². The van der Waals surface area contributed by atoms with Gasteiger partial charge in [-0.1, -0.05) is 36.4 Å². The first-order valence-corrected chi connectivity index (χ1v) is 9.90. The highest BCUT2D eigenvalue weighted by atomic mass is 16.5. The summed E-state index contributed by atoms with van der Waals surface area (Å²) in [4.78, 5) is 42.7. The number of carbonyl (C=O) groups is 3. The van der Waals surface area contributed by atoms with Gasteiger partial charge in [0.25, 0.3) is 0 Å². The molecule has 3 rings (SSSR count). The SMILES string of the molecule is COc1ccc(CCN2C(=O)NC(=O)C(C=N[C@@H](C)c3ccccc3)C2=O)cc1OC. The number of barbiturate groups is 1. The van der Waals surface area contributed by atoms with Crippen molar-refractivity contribution < 1.29 is 23.9 Å². The van der Waals surface area contributed by atoms with Crippen LogP contribution in [0.3, 0.4) is 0 Å². The van der Waals surface area contributed by atoms with Crippen LogP contribution >= 0.6 is 0 Å². The number of amides is 4. The molecule has 0 spiro atoms. The van der Waals surface area contributed by atoms with E-state index in [9.17, 15) is 14.4 Å². The van der Waals surface area contributed by atoms with Crippen LogP contribution in [0.2, 0.25) is 0 Å². The fourth-order valence-electron chi connectivity index (χ4n) is 3.28. The number of urea groups is 1. The molecule has 4 amide bonds. The summed E-state index contributed by atoms with van der Waals surface area (Å²) in [6.07, 6.45) is 1.73. The Morgan fingerprint density at radius 1 is 1.06 bits per heavy atom. The van der Waals surface area contributed by atoms with Crippen molar-refractivity contribution in [2.45, 2.75) is 19.4 Å². The van der Waals surface area contributed by atoms with E-state index in [4.69, 9.17) is 9.47 Å².